The van der Waals surface area contributed by atoms with Crippen molar-refractivity contribution in [2.75, 3.05) is 0 Å². The first-order valence-corrected chi connectivity index (χ1v) is 11.9. The Balaban J connectivity index is 1.67. The van der Waals surface area contributed by atoms with Crippen LogP contribution >= 0.6 is 23.1 Å². The highest BCUT2D eigenvalue weighted by atomic mass is 32.2. The van der Waals surface area contributed by atoms with Crippen LogP contribution in [-0.4, -0.2) is 9.55 Å². The van der Waals surface area contributed by atoms with Gasteiger partial charge in [-0.1, -0.05) is 66.7 Å². The summed E-state index contributed by atoms with van der Waals surface area (Å²) in [4.78, 5) is 21.0. The van der Waals surface area contributed by atoms with Crippen molar-refractivity contribution in [3.63, 3.8) is 0 Å². The van der Waals surface area contributed by atoms with Crippen LogP contribution in [-0.2, 0) is 18.6 Å². The molecule has 0 amide bonds. The molecule has 0 spiro atoms. The van der Waals surface area contributed by atoms with Crippen LogP contribution in [0, 0.1) is 0 Å². The van der Waals surface area contributed by atoms with Crippen molar-refractivity contribution in [3.05, 3.63) is 87.0 Å². The van der Waals surface area contributed by atoms with Gasteiger partial charge >= 0.3 is 0 Å². The maximum atomic E-state index is 13.7. The number of thiophene rings is 1. The molecule has 146 valence electrons. The van der Waals surface area contributed by atoms with Gasteiger partial charge in [0.25, 0.3) is 5.56 Å². The summed E-state index contributed by atoms with van der Waals surface area (Å²) < 4.78 is 1.81. The molecule has 0 saturated carbocycles. The zero-order chi connectivity index (χ0) is 19.6. The van der Waals surface area contributed by atoms with Crippen LogP contribution in [0.3, 0.4) is 0 Å². The van der Waals surface area contributed by atoms with Crippen molar-refractivity contribution in [2.45, 2.75) is 43.0 Å². The average molecular weight is 419 g/mol. The van der Waals surface area contributed by atoms with Gasteiger partial charge in [0.2, 0.25) is 0 Å². The van der Waals surface area contributed by atoms with E-state index in [1.165, 1.54) is 28.8 Å². The number of thioether (sulfide) groups is 1. The van der Waals surface area contributed by atoms with Gasteiger partial charge in [0.1, 0.15) is 4.83 Å². The van der Waals surface area contributed by atoms with Gasteiger partial charge in [-0.3, -0.25) is 9.36 Å². The normalized spacial score (nSPS) is 13.9. The van der Waals surface area contributed by atoms with E-state index in [0.717, 1.165) is 46.1 Å². The second kappa shape index (κ2) is 8.17. The van der Waals surface area contributed by atoms with Crippen molar-refractivity contribution < 1.29 is 0 Å². The van der Waals surface area contributed by atoms with Gasteiger partial charge in [-0.25, -0.2) is 4.98 Å². The van der Waals surface area contributed by atoms with Gasteiger partial charge in [0.15, 0.2) is 5.16 Å². The van der Waals surface area contributed by atoms with Crippen LogP contribution in [0.15, 0.2) is 70.6 Å². The first kappa shape index (κ1) is 18.6. The number of rotatable bonds is 4. The molecule has 0 aliphatic heterocycles. The summed E-state index contributed by atoms with van der Waals surface area (Å²) in [5.41, 5.74) is 3.45. The molecule has 0 saturated heterocycles. The molecule has 2 heterocycles. The van der Waals surface area contributed by atoms with Gasteiger partial charge in [-0.2, -0.15) is 0 Å². The summed E-state index contributed by atoms with van der Waals surface area (Å²) in [5.74, 6) is 0.788. The van der Waals surface area contributed by atoms with Crippen molar-refractivity contribution in [2.24, 2.45) is 0 Å². The number of fused-ring (bicyclic) bond motifs is 3. The number of hydrogen-bond acceptors (Lipinski definition) is 4. The Morgan fingerprint density at radius 1 is 0.931 bits per heavy atom. The molecule has 0 unspecified atom stereocenters. The van der Waals surface area contributed by atoms with Crippen molar-refractivity contribution in [1.82, 2.24) is 9.55 Å². The quantitative estimate of drug-likeness (QED) is 0.231. The Kier molecular flexibility index (Phi) is 5.25. The minimum atomic E-state index is 0.0798. The van der Waals surface area contributed by atoms with Gasteiger partial charge in [-0.05, 0) is 48.9 Å². The second-order valence-corrected chi connectivity index (χ2v) is 9.42. The molecule has 0 fully saturated rings. The summed E-state index contributed by atoms with van der Waals surface area (Å²) >= 11 is 3.36. The molecule has 5 rings (SSSR count). The van der Waals surface area contributed by atoms with Crippen LogP contribution in [0.25, 0.3) is 15.9 Å². The standard InChI is InChI=1S/C24H22N2OS2/c27-23-21-19-14-8-3-9-15-20(19)29-22(21)25-24(26(23)18-12-6-2-7-13-18)28-16-17-10-4-1-5-11-17/h1-2,4-7,10-13H,3,8-9,14-16H2. The third kappa shape index (κ3) is 3.65. The predicted molar refractivity (Wildman–Crippen MR) is 122 cm³/mol. The zero-order valence-electron chi connectivity index (χ0n) is 16.1. The molecule has 29 heavy (non-hydrogen) atoms. The summed E-state index contributed by atoms with van der Waals surface area (Å²) in [6.07, 6.45) is 5.69. The lowest BCUT2D eigenvalue weighted by Crippen LogP contribution is -2.22. The summed E-state index contributed by atoms with van der Waals surface area (Å²) in [5, 5.41) is 1.62. The van der Waals surface area contributed by atoms with Crippen LogP contribution in [0.4, 0.5) is 0 Å². The van der Waals surface area contributed by atoms with Gasteiger partial charge in [0, 0.05) is 10.6 Å². The molecule has 5 heteroatoms. The lowest BCUT2D eigenvalue weighted by atomic mass is 10.1. The van der Waals surface area contributed by atoms with E-state index >= 15 is 0 Å². The third-order valence-corrected chi connectivity index (χ3v) is 7.63. The topological polar surface area (TPSA) is 34.9 Å². The largest absolute Gasteiger partial charge is 0.268 e. The van der Waals surface area contributed by atoms with Crippen molar-refractivity contribution in [3.8, 4) is 5.69 Å². The SMILES string of the molecule is O=c1c2c3c(sc2nc(SCc2ccccc2)n1-c1ccccc1)CCCCC3. The Morgan fingerprint density at radius 2 is 1.66 bits per heavy atom. The van der Waals surface area contributed by atoms with E-state index in [4.69, 9.17) is 4.98 Å². The van der Waals surface area contributed by atoms with Crippen LogP contribution < -0.4 is 5.56 Å². The molecule has 2 aromatic heterocycles. The molecule has 0 bridgehead atoms. The molecule has 1 aliphatic rings. The average Bonchev–Trinajstić information content (AvgIpc) is 2.95. The number of para-hydroxylation sites is 1. The number of aromatic nitrogens is 2. The van der Waals surface area contributed by atoms with Crippen LogP contribution in [0.5, 0.6) is 0 Å². The van der Waals surface area contributed by atoms with Gasteiger partial charge in [0.05, 0.1) is 11.1 Å². The molecular formula is C24H22N2OS2. The van der Waals surface area contributed by atoms with Crippen molar-refractivity contribution >= 4 is 33.3 Å². The van der Waals surface area contributed by atoms with E-state index in [9.17, 15) is 4.79 Å². The van der Waals surface area contributed by atoms with Crippen LogP contribution in [0.1, 0.15) is 35.3 Å². The summed E-state index contributed by atoms with van der Waals surface area (Å²) in [6, 6.07) is 20.3. The molecular weight excluding hydrogens is 396 g/mol. The Bertz CT molecular complexity index is 1200. The highest BCUT2D eigenvalue weighted by Crippen LogP contribution is 2.35. The minimum absolute atomic E-state index is 0.0798. The lowest BCUT2D eigenvalue weighted by molar-refractivity contribution is 0.713. The highest BCUT2D eigenvalue weighted by Gasteiger charge is 2.22. The molecule has 0 N–H and O–H groups in total. The van der Waals surface area contributed by atoms with E-state index in [-0.39, 0.29) is 5.56 Å². The van der Waals surface area contributed by atoms with Gasteiger partial charge < -0.3 is 0 Å². The van der Waals surface area contributed by atoms with Crippen molar-refractivity contribution in [1.29, 1.82) is 0 Å². The van der Waals surface area contributed by atoms with E-state index in [2.05, 4.69) is 12.1 Å². The fraction of sp³-hybridized carbons (Fsp3) is 0.250. The molecule has 4 aromatic rings. The second-order valence-electron chi connectivity index (χ2n) is 7.39. The molecule has 0 radical (unpaired) electrons. The maximum absolute atomic E-state index is 13.7. The number of hydrogen-bond donors (Lipinski definition) is 0. The number of nitrogens with zero attached hydrogens (tertiary/aromatic N) is 2. The number of aryl methyl sites for hydroxylation is 2. The third-order valence-electron chi connectivity index (χ3n) is 5.43. The van der Waals surface area contributed by atoms with Gasteiger partial charge in [-0.15, -0.1) is 11.3 Å². The first-order valence-electron chi connectivity index (χ1n) is 10.1. The Labute approximate surface area is 178 Å². The number of benzene rings is 2. The van der Waals surface area contributed by atoms with Crippen LogP contribution in [0.2, 0.25) is 0 Å². The van der Waals surface area contributed by atoms with E-state index in [1.54, 1.807) is 23.1 Å². The molecule has 0 atom stereocenters. The fourth-order valence-corrected chi connectivity index (χ4v) is 6.26. The first-order chi connectivity index (χ1) is 14.3. The minimum Gasteiger partial charge on any atom is -0.268 e. The Hall–Kier alpha value is -2.37. The summed E-state index contributed by atoms with van der Waals surface area (Å²) in [6.45, 7) is 0. The fourth-order valence-electron chi connectivity index (χ4n) is 3.99. The highest BCUT2D eigenvalue weighted by molar-refractivity contribution is 7.98. The van der Waals surface area contributed by atoms with E-state index in [0.29, 0.717) is 0 Å². The molecule has 3 nitrogen and oxygen atoms in total. The smallest absolute Gasteiger partial charge is 0.267 e. The summed E-state index contributed by atoms with van der Waals surface area (Å²) in [7, 11) is 0. The Morgan fingerprint density at radius 3 is 2.45 bits per heavy atom. The zero-order valence-corrected chi connectivity index (χ0v) is 17.8. The van der Waals surface area contributed by atoms with E-state index in [1.807, 2.05) is 53.1 Å². The predicted octanol–water partition coefficient (Wildman–Crippen LogP) is 6.01. The maximum Gasteiger partial charge on any atom is 0.267 e. The molecule has 1 aliphatic carbocycles. The monoisotopic (exact) mass is 418 g/mol. The molecule has 2 aromatic carbocycles. The van der Waals surface area contributed by atoms with E-state index < -0.39 is 0 Å². The lowest BCUT2D eigenvalue weighted by Gasteiger charge is -2.12.